The molecule has 0 rings (SSSR count). The van der Waals surface area contributed by atoms with Crippen molar-refractivity contribution in [2.24, 2.45) is 0 Å². The molecule has 0 spiro atoms. The summed E-state index contributed by atoms with van der Waals surface area (Å²) in [6.45, 7) is 13.8. The van der Waals surface area contributed by atoms with Crippen molar-refractivity contribution in [2.75, 3.05) is 39.5 Å². The summed E-state index contributed by atoms with van der Waals surface area (Å²) in [5.74, 6) is -1.25. The number of esters is 3. The molecule has 0 aliphatic heterocycles. The Morgan fingerprint density at radius 3 is 1.30 bits per heavy atom. The SMILES string of the molecule is CCCCC/C=C\C/C=C\CCCCCCCC(=O)OCC(COC(=O)CCCCCCC/C=C\C/C=C\CCCCC)OC(=O)CCC(CCCCCCCC)OC(=O)OCCCCN(CC)CC. The smallest absolute Gasteiger partial charge is 0.462 e. The first-order chi connectivity index (χ1) is 34.3. The van der Waals surface area contributed by atoms with Gasteiger partial charge in [0.2, 0.25) is 0 Å². The molecule has 10 heteroatoms. The molecule has 0 aromatic carbocycles. The average molecular weight is 987 g/mol. The van der Waals surface area contributed by atoms with E-state index in [1.165, 1.54) is 70.6 Å². The fourth-order valence-electron chi connectivity index (χ4n) is 8.03. The van der Waals surface area contributed by atoms with Gasteiger partial charge in [-0.1, -0.05) is 180 Å². The van der Waals surface area contributed by atoms with Crippen LogP contribution in [0.5, 0.6) is 0 Å². The maximum atomic E-state index is 13.3. The van der Waals surface area contributed by atoms with E-state index < -0.39 is 24.3 Å². The molecule has 0 radical (unpaired) electrons. The van der Waals surface area contributed by atoms with E-state index in [9.17, 15) is 19.2 Å². The monoisotopic (exact) mass is 986 g/mol. The van der Waals surface area contributed by atoms with Gasteiger partial charge in [-0.05, 0) is 129 Å². The molecular formula is C60H107NO9. The highest BCUT2D eigenvalue weighted by molar-refractivity contribution is 5.71. The summed E-state index contributed by atoms with van der Waals surface area (Å²) >= 11 is 0. The van der Waals surface area contributed by atoms with Crippen molar-refractivity contribution >= 4 is 24.1 Å². The Hall–Kier alpha value is -3.40. The van der Waals surface area contributed by atoms with Crippen LogP contribution in [0.15, 0.2) is 48.6 Å². The molecule has 0 fully saturated rings. The van der Waals surface area contributed by atoms with Crippen molar-refractivity contribution in [1.29, 1.82) is 0 Å². The molecule has 0 amide bonds. The molecule has 0 saturated heterocycles. The van der Waals surface area contributed by atoms with E-state index in [-0.39, 0.29) is 57.4 Å². The van der Waals surface area contributed by atoms with Crippen LogP contribution in [0.3, 0.4) is 0 Å². The number of hydrogen-bond donors (Lipinski definition) is 0. The van der Waals surface area contributed by atoms with E-state index in [4.69, 9.17) is 23.7 Å². The molecular weight excluding hydrogens is 879 g/mol. The van der Waals surface area contributed by atoms with E-state index >= 15 is 0 Å². The zero-order chi connectivity index (χ0) is 51.2. The van der Waals surface area contributed by atoms with Crippen LogP contribution in [0.2, 0.25) is 0 Å². The highest BCUT2D eigenvalue weighted by Crippen LogP contribution is 2.17. The predicted molar refractivity (Wildman–Crippen MR) is 291 cm³/mol. The molecule has 1 unspecified atom stereocenters. The lowest BCUT2D eigenvalue weighted by Crippen LogP contribution is -2.31. The molecule has 406 valence electrons. The molecule has 0 aliphatic carbocycles. The Morgan fingerprint density at radius 1 is 0.386 bits per heavy atom. The number of hydrogen-bond acceptors (Lipinski definition) is 10. The van der Waals surface area contributed by atoms with E-state index in [1.54, 1.807) is 0 Å². The van der Waals surface area contributed by atoms with Gasteiger partial charge in [0.25, 0.3) is 0 Å². The van der Waals surface area contributed by atoms with Gasteiger partial charge in [0, 0.05) is 19.3 Å². The maximum Gasteiger partial charge on any atom is 0.508 e. The Balaban J connectivity index is 5.06. The minimum atomic E-state index is -0.936. The highest BCUT2D eigenvalue weighted by atomic mass is 16.7. The van der Waals surface area contributed by atoms with Gasteiger partial charge in [0.15, 0.2) is 6.10 Å². The zero-order valence-electron chi connectivity index (χ0n) is 45.9. The number of rotatable bonds is 51. The number of carbonyl (C=O) groups is 4. The number of carbonyl (C=O) groups excluding carboxylic acids is 4. The van der Waals surface area contributed by atoms with Crippen molar-refractivity contribution in [2.45, 2.75) is 272 Å². The van der Waals surface area contributed by atoms with Crippen LogP contribution in [0.4, 0.5) is 4.79 Å². The molecule has 0 N–H and O–H groups in total. The van der Waals surface area contributed by atoms with Crippen molar-refractivity contribution in [3.63, 3.8) is 0 Å². The first-order valence-electron chi connectivity index (χ1n) is 29.0. The summed E-state index contributed by atoms with van der Waals surface area (Å²) < 4.78 is 28.1. The molecule has 0 aliphatic rings. The molecule has 1 atom stereocenters. The molecule has 0 aromatic heterocycles. The normalized spacial score (nSPS) is 12.3. The van der Waals surface area contributed by atoms with Crippen LogP contribution >= 0.6 is 0 Å². The third-order valence-corrected chi connectivity index (χ3v) is 12.6. The van der Waals surface area contributed by atoms with E-state index in [2.05, 4.69) is 88.1 Å². The standard InChI is InChI=1S/C60H107NO9/c1-6-11-14-17-20-22-24-26-28-30-32-34-36-39-42-47-57(62)67-53-56(54-68-58(63)48-43-40-37-35-33-31-29-27-25-23-21-18-15-12-7-2)69-59(64)50-49-55(46-41-38-19-16-13-8-3)70-60(65)66-52-45-44-51-61(9-4)10-5/h20-23,26-29,55-56H,6-19,24-25,30-54H2,1-5H3/b22-20-,23-21-,28-26-,29-27-. The second-order valence-corrected chi connectivity index (χ2v) is 19.1. The number of unbranched alkanes of at least 4 members (excludes halogenated alkanes) is 22. The third kappa shape index (κ3) is 48.2. The van der Waals surface area contributed by atoms with Crippen LogP contribution in [-0.2, 0) is 38.1 Å². The Labute approximate surface area is 429 Å². The molecule has 0 aromatic rings. The van der Waals surface area contributed by atoms with Crippen LogP contribution in [0.1, 0.15) is 259 Å². The first-order valence-corrected chi connectivity index (χ1v) is 29.0. The zero-order valence-corrected chi connectivity index (χ0v) is 45.9. The van der Waals surface area contributed by atoms with Gasteiger partial charge in [-0.25, -0.2) is 4.79 Å². The molecule has 70 heavy (non-hydrogen) atoms. The van der Waals surface area contributed by atoms with Gasteiger partial charge in [-0.15, -0.1) is 0 Å². The Kier molecular flexibility index (Phi) is 50.8. The van der Waals surface area contributed by atoms with Crippen LogP contribution < -0.4 is 0 Å². The first kappa shape index (κ1) is 66.6. The quantitative estimate of drug-likeness (QED) is 0.0252. The van der Waals surface area contributed by atoms with Crippen molar-refractivity contribution in [3.8, 4) is 0 Å². The van der Waals surface area contributed by atoms with Crippen LogP contribution in [-0.4, -0.2) is 80.6 Å². The summed E-state index contributed by atoms with van der Waals surface area (Å²) in [4.78, 5) is 53.9. The predicted octanol–water partition coefficient (Wildman–Crippen LogP) is 16.8. The van der Waals surface area contributed by atoms with Crippen LogP contribution in [0.25, 0.3) is 0 Å². The largest absolute Gasteiger partial charge is 0.508 e. The van der Waals surface area contributed by atoms with Gasteiger partial charge in [-0.3, -0.25) is 14.4 Å². The summed E-state index contributed by atoms with van der Waals surface area (Å²) in [7, 11) is 0. The minimum absolute atomic E-state index is 0.00598. The van der Waals surface area contributed by atoms with Gasteiger partial charge in [-0.2, -0.15) is 0 Å². The fourth-order valence-corrected chi connectivity index (χ4v) is 8.03. The summed E-state index contributed by atoms with van der Waals surface area (Å²) in [6, 6.07) is 0. The van der Waals surface area contributed by atoms with Gasteiger partial charge >= 0.3 is 24.1 Å². The maximum absolute atomic E-state index is 13.3. The van der Waals surface area contributed by atoms with Gasteiger partial charge in [0.05, 0.1) is 6.61 Å². The Morgan fingerprint density at radius 2 is 0.814 bits per heavy atom. The third-order valence-electron chi connectivity index (χ3n) is 12.6. The van der Waals surface area contributed by atoms with Crippen LogP contribution in [0, 0.1) is 0 Å². The lowest BCUT2D eigenvalue weighted by Gasteiger charge is -2.20. The van der Waals surface area contributed by atoms with Crippen molar-refractivity contribution in [3.05, 3.63) is 48.6 Å². The fraction of sp³-hybridized carbons (Fsp3) is 0.800. The second kappa shape index (κ2) is 53.4. The lowest BCUT2D eigenvalue weighted by molar-refractivity contribution is -0.167. The van der Waals surface area contributed by atoms with Crippen molar-refractivity contribution < 1.29 is 42.9 Å². The second-order valence-electron chi connectivity index (χ2n) is 19.1. The molecule has 10 nitrogen and oxygen atoms in total. The number of allylic oxidation sites excluding steroid dienone is 8. The van der Waals surface area contributed by atoms with Gasteiger partial charge in [0.1, 0.15) is 19.3 Å². The lowest BCUT2D eigenvalue weighted by atomic mass is 10.0. The summed E-state index contributed by atoms with van der Waals surface area (Å²) in [5.41, 5.74) is 0. The molecule has 0 bridgehead atoms. The molecule has 0 heterocycles. The number of nitrogens with zero attached hydrogens (tertiary/aromatic N) is 1. The minimum Gasteiger partial charge on any atom is -0.462 e. The van der Waals surface area contributed by atoms with E-state index in [0.29, 0.717) is 6.42 Å². The van der Waals surface area contributed by atoms with Gasteiger partial charge < -0.3 is 28.6 Å². The van der Waals surface area contributed by atoms with E-state index in [0.717, 1.165) is 142 Å². The van der Waals surface area contributed by atoms with Crippen molar-refractivity contribution in [1.82, 2.24) is 4.90 Å². The topological polar surface area (TPSA) is 118 Å². The molecule has 0 saturated carbocycles. The Bertz CT molecular complexity index is 1260. The number of ether oxygens (including phenoxy) is 5. The summed E-state index contributed by atoms with van der Waals surface area (Å²) in [6.07, 6.45) is 49.8. The van der Waals surface area contributed by atoms with E-state index in [1.807, 2.05) is 0 Å². The highest BCUT2D eigenvalue weighted by Gasteiger charge is 2.22. The summed E-state index contributed by atoms with van der Waals surface area (Å²) in [5, 5.41) is 0. The average Bonchev–Trinajstić information content (AvgIpc) is 3.36.